The standard InChI is InChI=1S/C58H64F4N10O6S/c1-7-33-11-10-12-36-21-39(73)22-41(47(33)36)49-48(59)50-42(24-63-49)53(71-25-37-18-19-38(26-71)66-37)69-56(68-50)78-29-45-43(58(60,61)62)28-70(45)20-9-8-13-46(75)67-52(57(4,5)6)55(77)72-27-40(74)23-44(72)54(76)65-31(2)34-14-16-35(17-15-34)51-32(3)64-30-79-51/h1,10-12,14-17,21-22,24,30-31,37-38,40,43-45,52,66,73-74H,8-9,13,18-20,23,25-29H2,2-6H3,(H,65,76)(H,67,75)/t31-,37?,38?,40+,43+,44-,45+,52+/m0/s1. The minimum absolute atomic E-state index is 0.0231. The molecule has 3 aromatic carbocycles. The van der Waals surface area contributed by atoms with Crippen molar-refractivity contribution < 1.29 is 46.9 Å². The molecule has 3 aromatic heterocycles. The maximum absolute atomic E-state index is 17.2. The third-order valence-corrected chi connectivity index (χ3v) is 16.8. The van der Waals surface area contributed by atoms with Crippen LogP contribution in [0.15, 0.2) is 66.3 Å². The summed E-state index contributed by atoms with van der Waals surface area (Å²) in [6.45, 7) is 9.57. The van der Waals surface area contributed by atoms with E-state index in [2.05, 4.69) is 36.8 Å². The van der Waals surface area contributed by atoms with Crippen molar-refractivity contribution in [1.82, 2.24) is 45.7 Å². The van der Waals surface area contributed by atoms with E-state index in [1.807, 2.05) is 43.0 Å². The lowest BCUT2D eigenvalue weighted by Gasteiger charge is -2.48. The third-order valence-electron chi connectivity index (χ3n) is 15.9. The van der Waals surface area contributed by atoms with Crippen LogP contribution in [0.5, 0.6) is 11.8 Å². The molecule has 0 spiro atoms. The molecule has 3 amide bonds. The molecule has 2 unspecified atom stereocenters. The molecule has 10 rings (SSSR count). The number of benzene rings is 3. The molecule has 0 radical (unpaired) electrons. The molecular formula is C58H64F4N10O6S. The number of thiazole rings is 1. The molecule has 4 aliphatic rings. The highest BCUT2D eigenvalue weighted by Crippen LogP contribution is 2.42. The van der Waals surface area contributed by atoms with Gasteiger partial charge in [0.15, 0.2) is 5.82 Å². The van der Waals surface area contributed by atoms with Gasteiger partial charge in [-0.25, -0.2) is 9.37 Å². The van der Waals surface area contributed by atoms with E-state index < -0.39 is 77.9 Å². The van der Waals surface area contributed by atoms with Gasteiger partial charge in [0.2, 0.25) is 17.7 Å². The van der Waals surface area contributed by atoms with Crippen molar-refractivity contribution in [1.29, 1.82) is 0 Å². The van der Waals surface area contributed by atoms with Gasteiger partial charge in [0.25, 0.3) is 0 Å². The van der Waals surface area contributed by atoms with Crippen molar-refractivity contribution in [3.63, 3.8) is 0 Å². The summed E-state index contributed by atoms with van der Waals surface area (Å²) in [5.41, 5.74) is 4.16. The summed E-state index contributed by atoms with van der Waals surface area (Å²) < 4.78 is 66.8. The van der Waals surface area contributed by atoms with Gasteiger partial charge >= 0.3 is 12.2 Å². The van der Waals surface area contributed by atoms with Crippen LogP contribution < -0.4 is 25.6 Å². The fraction of sp³-hybridized carbons (Fsp3) is 0.466. The average Bonchev–Trinajstić information content (AvgIpc) is 4.17. The lowest BCUT2D eigenvalue weighted by Crippen LogP contribution is -2.63. The first-order chi connectivity index (χ1) is 37.6. The van der Waals surface area contributed by atoms with Crippen LogP contribution in [0.1, 0.15) is 89.1 Å². The molecule has 21 heteroatoms. The summed E-state index contributed by atoms with van der Waals surface area (Å²) in [7, 11) is 0. The highest BCUT2D eigenvalue weighted by Gasteiger charge is 2.54. The second kappa shape index (κ2) is 22.3. The maximum Gasteiger partial charge on any atom is 0.394 e. The van der Waals surface area contributed by atoms with Gasteiger partial charge < -0.3 is 40.7 Å². The molecule has 2 bridgehead atoms. The van der Waals surface area contributed by atoms with Gasteiger partial charge in [-0.05, 0) is 86.2 Å². The third kappa shape index (κ3) is 11.6. The molecule has 16 nitrogen and oxygen atoms in total. The predicted octanol–water partition coefficient (Wildman–Crippen LogP) is 7.83. The summed E-state index contributed by atoms with van der Waals surface area (Å²) in [6, 6.07) is 12.2. The van der Waals surface area contributed by atoms with Crippen LogP contribution in [-0.4, -0.2) is 139 Å². The number of terminal acetylenes is 1. The molecule has 4 fully saturated rings. The number of nitrogens with one attached hydrogen (secondary N) is 3. The number of aliphatic hydroxyl groups is 1. The van der Waals surface area contributed by atoms with Crippen molar-refractivity contribution in [2.24, 2.45) is 11.3 Å². The highest BCUT2D eigenvalue weighted by atomic mass is 32.1. The van der Waals surface area contributed by atoms with Gasteiger partial charge in [0, 0.05) is 73.8 Å². The molecule has 0 aliphatic carbocycles. The lowest BCUT2D eigenvalue weighted by atomic mass is 9.85. The number of halogens is 4. The molecule has 5 N–H and O–H groups in total. The number of anilines is 1. The maximum atomic E-state index is 17.2. The number of pyridine rings is 1. The summed E-state index contributed by atoms with van der Waals surface area (Å²) in [6.07, 6.45) is 4.28. The summed E-state index contributed by atoms with van der Waals surface area (Å²) in [4.78, 5) is 65.8. The van der Waals surface area contributed by atoms with Crippen molar-refractivity contribution in [2.75, 3.05) is 44.2 Å². The van der Waals surface area contributed by atoms with Gasteiger partial charge in [-0.3, -0.25) is 24.3 Å². The molecule has 0 saturated carbocycles. The van der Waals surface area contributed by atoms with Crippen LogP contribution >= 0.6 is 11.3 Å². The largest absolute Gasteiger partial charge is 0.508 e. The number of aryl methyl sites for hydroxylation is 1. The minimum atomic E-state index is -4.56. The zero-order valence-corrected chi connectivity index (χ0v) is 45.4. The first-order valence-electron chi connectivity index (χ1n) is 26.8. The Labute approximate surface area is 459 Å². The van der Waals surface area contributed by atoms with E-state index in [1.165, 1.54) is 23.2 Å². The summed E-state index contributed by atoms with van der Waals surface area (Å²) in [5, 5.41) is 32.2. The number of carbonyl (C=O) groups excluding carboxylic acids is 3. The number of ether oxygens (including phenoxy) is 1. The van der Waals surface area contributed by atoms with E-state index in [9.17, 15) is 37.8 Å². The van der Waals surface area contributed by atoms with Crippen LogP contribution in [0.3, 0.4) is 0 Å². The molecule has 79 heavy (non-hydrogen) atoms. The molecule has 4 saturated heterocycles. The number of β-amino-alcohol motifs (C(OH)–C–C–N with tert-alkyl or cyclic N) is 1. The number of likely N-dealkylation sites (tertiary alicyclic amines) is 2. The number of fused-ring (bicyclic) bond motifs is 4. The number of amides is 3. The number of hydrogen-bond acceptors (Lipinski definition) is 14. The topological polar surface area (TPSA) is 198 Å². The van der Waals surface area contributed by atoms with E-state index >= 15 is 4.39 Å². The predicted molar refractivity (Wildman–Crippen MR) is 293 cm³/mol. The average molecular weight is 1110 g/mol. The first-order valence-corrected chi connectivity index (χ1v) is 27.6. The number of aromatic nitrogens is 4. The van der Waals surface area contributed by atoms with E-state index in [4.69, 9.17) is 16.1 Å². The van der Waals surface area contributed by atoms with Gasteiger partial charge in [0.1, 0.15) is 41.5 Å². The fourth-order valence-corrected chi connectivity index (χ4v) is 12.5. The number of phenolic OH excluding ortho intramolecular Hbond substituents is 1. The monoisotopic (exact) mass is 1100 g/mol. The zero-order valence-electron chi connectivity index (χ0n) is 44.6. The van der Waals surface area contributed by atoms with Crippen LogP contribution in [-0.2, 0) is 14.4 Å². The van der Waals surface area contributed by atoms with Crippen molar-refractivity contribution >= 4 is 56.6 Å². The Morgan fingerprint density at radius 2 is 1.73 bits per heavy atom. The van der Waals surface area contributed by atoms with E-state index in [0.717, 1.165) is 34.5 Å². The SMILES string of the molecule is C#Cc1cccc2cc(O)cc(-c3ncc4c(N5CC6CCC(C5)N6)nc(OC[C@@H]5[C@H](C(F)(F)F)CN5CCCCC(=O)N[C@H](C(=O)N5C[C@H](O)C[C@H]5C(=O)N[C@@H](C)c5ccc(-c6scnc6C)cc5)C(C)(C)C)nc4c3F)c12. The molecular weight excluding hydrogens is 1040 g/mol. The van der Waals surface area contributed by atoms with Crippen molar-refractivity contribution in [3.05, 3.63) is 88.9 Å². The Morgan fingerprint density at radius 3 is 2.42 bits per heavy atom. The van der Waals surface area contributed by atoms with Crippen molar-refractivity contribution in [2.45, 2.75) is 122 Å². The Bertz CT molecular complexity index is 3320. The Morgan fingerprint density at radius 1 is 0.987 bits per heavy atom. The van der Waals surface area contributed by atoms with E-state index in [0.29, 0.717) is 41.7 Å². The van der Waals surface area contributed by atoms with Gasteiger partial charge in [-0.15, -0.1) is 17.8 Å². The summed E-state index contributed by atoms with van der Waals surface area (Å²) >= 11 is 1.54. The van der Waals surface area contributed by atoms with Crippen LogP contribution in [0.2, 0.25) is 0 Å². The number of nitrogens with zero attached hydrogens (tertiary/aromatic N) is 7. The second-order valence-corrected chi connectivity index (χ2v) is 23.3. The number of piperazine rings is 1. The van der Waals surface area contributed by atoms with Crippen LogP contribution in [0, 0.1) is 36.4 Å². The van der Waals surface area contributed by atoms with E-state index in [1.54, 1.807) is 60.7 Å². The minimum Gasteiger partial charge on any atom is -0.508 e. The summed E-state index contributed by atoms with van der Waals surface area (Å²) in [5.74, 6) is -1.16. The van der Waals surface area contributed by atoms with Crippen LogP contribution in [0.25, 0.3) is 43.4 Å². The Hall–Kier alpha value is -6.99. The second-order valence-electron chi connectivity index (χ2n) is 22.5. The first kappa shape index (κ1) is 55.3. The molecule has 4 aliphatic heterocycles. The number of aromatic hydroxyl groups is 1. The number of carbonyl (C=O) groups is 3. The van der Waals surface area contributed by atoms with Crippen molar-refractivity contribution in [3.8, 4) is 45.8 Å². The molecule has 416 valence electrons. The zero-order chi connectivity index (χ0) is 56.1. The number of hydrogen-bond donors (Lipinski definition) is 5. The number of aliphatic hydroxyl groups excluding tert-OH is 1. The Balaban J connectivity index is 0.795. The van der Waals surface area contributed by atoms with Gasteiger partial charge in [-0.1, -0.05) is 63.1 Å². The van der Waals surface area contributed by atoms with Gasteiger partial charge in [-0.2, -0.15) is 23.1 Å². The number of phenols is 1. The molecule has 7 heterocycles. The molecule has 6 aromatic rings. The Kier molecular flexibility index (Phi) is 15.6. The quantitative estimate of drug-likeness (QED) is 0.0358. The normalized spacial score (nSPS) is 22.1. The number of alkyl halides is 3. The number of unbranched alkanes of at least 4 members (excludes halogenated alkanes) is 1. The number of rotatable bonds is 16. The smallest absolute Gasteiger partial charge is 0.394 e. The molecule has 8 atom stereocenters. The highest BCUT2D eigenvalue weighted by molar-refractivity contribution is 7.13. The van der Waals surface area contributed by atoms with Gasteiger partial charge in [0.05, 0.1) is 45.6 Å². The fourth-order valence-electron chi connectivity index (χ4n) is 11.6. The van der Waals surface area contributed by atoms with E-state index in [-0.39, 0.29) is 84.9 Å². The van der Waals surface area contributed by atoms with Crippen LogP contribution in [0.4, 0.5) is 23.4 Å². The lowest BCUT2D eigenvalue weighted by molar-refractivity contribution is -0.234.